The van der Waals surface area contributed by atoms with Crippen LogP contribution in [0.5, 0.6) is 0 Å². The smallest absolute Gasteiger partial charge is 0.374 e. The molecule has 1 N–H and O–H groups in total. The number of carbonyl (C=O) groups is 1. The zero-order valence-corrected chi connectivity index (χ0v) is 11.5. The molecule has 1 aromatic carbocycles. The van der Waals surface area contributed by atoms with Crippen LogP contribution in [0.3, 0.4) is 0 Å². The summed E-state index contributed by atoms with van der Waals surface area (Å²) in [4.78, 5) is 11.4. The highest BCUT2D eigenvalue weighted by Crippen LogP contribution is 2.12. The quantitative estimate of drug-likeness (QED) is 0.657. The van der Waals surface area contributed by atoms with Crippen molar-refractivity contribution in [1.82, 2.24) is 5.32 Å². The molecule has 0 bridgehead atoms. The van der Waals surface area contributed by atoms with E-state index >= 15 is 0 Å². The number of benzene rings is 1. The minimum absolute atomic E-state index is 0.154. The van der Waals surface area contributed by atoms with Crippen LogP contribution in [0.1, 0.15) is 21.7 Å². The average molecular weight is 295 g/mol. The lowest BCUT2D eigenvalue weighted by molar-refractivity contribution is 0.0563. The van der Waals surface area contributed by atoms with Crippen molar-refractivity contribution in [2.45, 2.75) is 13.0 Å². The maximum absolute atomic E-state index is 13.0. The molecule has 4 nitrogen and oxygen atoms in total. The molecule has 2 rings (SSSR count). The number of nitrogens with one attached hydrogen (secondary N) is 1. The van der Waals surface area contributed by atoms with Gasteiger partial charge in [0.15, 0.2) is 0 Å². The zero-order valence-electron chi connectivity index (χ0n) is 11.5. The van der Waals surface area contributed by atoms with Crippen LogP contribution in [0.2, 0.25) is 0 Å². The molecule has 0 aliphatic heterocycles. The summed E-state index contributed by atoms with van der Waals surface area (Å²) in [5, 5.41) is 3.08. The van der Waals surface area contributed by atoms with Crippen molar-refractivity contribution in [3.63, 3.8) is 0 Å². The first-order valence-electron chi connectivity index (χ1n) is 6.40. The summed E-state index contributed by atoms with van der Waals surface area (Å²) in [5.41, 5.74) is 1.24. The lowest BCUT2D eigenvalue weighted by atomic mass is 10.1. The van der Waals surface area contributed by atoms with Crippen molar-refractivity contribution < 1.29 is 22.7 Å². The lowest BCUT2D eigenvalue weighted by Gasteiger charge is -2.05. The fourth-order valence-corrected chi connectivity index (χ4v) is 1.96. The second-order valence-electron chi connectivity index (χ2n) is 4.47. The highest BCUT2D eigenvalue weighted by molar-refractivity contribution is 5.87. The van der Waals surface area contributed by atoms with E-state index in [2.05, 4.69) is 10.1 Å². The Morgan fingerprint density at radius 1 is 1.29 bits per heavy atom. The Hall–Kier alpha value is -2.21. The van der Waals surface area contributed by atoms with Crippen molar-refractivity contribution in [2.75, 3.05) is 13.7 Å². The van der Waals surface area contributed by atoms with Crippen LogP contribution in [-0.4, -0.2) is 19.6 Å². The third-order valence-corrected chi connectivity index (χ3v) is 2.95. The monoisotopic (exact) mass is 295 g/mol. The summed E-state index contributed by atoms with van der Waals surface area (Å²) >= 11 is 0. The molecule has 0 aliphatic carbocycles. The number of esters is 1. The van der Waals surface area contributed by atoms with Crippen molar-refractivity contribution in [3.05, 3.63) is 59.1 Å². The molecule has 0 saturated heterocycles. The molecule has 0 radical (unpaired) electrons. The number of hydrogen-bond acceptors (Lipinski definition) is 4. The predicted octanol–water partition coefficient (Wildman–Crippen LogP) is 2.68. The number of halogens is 2. The van der Waals surface area contributed by atoms with Gasteiger partial charge in [0.1, 0.15) is 11.6 Å². The molecule has 0 spiro atoms. The standard InChI is InChI=1S/C15H15F2NO3/c1-20-15(19)14-11(3-5-21-14)9-18-4-2-10-6-12(16)8-13(17)7-10/h3,5-8,18H,2,4,9H2,1H3. The largest absolute Gasteiger partial charge is 0.463 e. The normalized spacial score (nSPS) is 10.6. The maximum Gasteiger partial charge on any atom is 0.374 e. The van der Waals surface area contributed by atoms with E-state index in [9.17, 15) is 13.6 Å². The summed E-state index contributed by atoms with van der Waals surface area (Å²) < 4.78 is 35.7. The molecule has 21 heavy (non-hydrogen) atoms. The average Bonchev–Trinajstić information content (AvgIpc) is 2.90. The van der Waals surface area contributed by atoms with Gasteiger partial charge >= 0.3 is 5.97 Å². The third kappa shape index (κ3) is 4.13. The first-order chi connectivity index (χ1) is 10.1. The maximum atomic E-state index is 13.0. The van der Waals surface area contributed by atoms with Gasteiger partial charge in [0.2, 0.25) is 5.76 Å². The molecule has 0 unspecified atom stereocenters. The molecular weight excluding hydrogens is 280 g/mol. The van der Waals surface area contributed by atoms with Crippen LogP contribution in [0.15, 0.2) is 34.9 Å². The second-order valence-corrected chi connectivity index (χ2v) is 4.47. The molecule has 0 amide bonds. The topological polar surface area (TPSA) is 51.5 Å². The van der Waals surface area contributed by atoms with E-state index < -0.39 is 17.6 Å². The van der Waals surface area contributed by atoms with E-state index in [-0.39, 0.29) is 5.76 Å². The molecule has 0 atom stereocenters. The van der Waals surface area contributed by atoms with Crippen LogP contribution >= 0.6 is 0 Å². The van der Waals surface area contributed by atoms with Gasteiger partial charge in [0, 0.05) is 18.2 Å². The van der Waals surface area contributed by atoms with E-state index in [1.807, 2.05) is 0 Å². The van der Waals surface area contributed by atoms with Crippen molar-refractivity contribution in [3.8, 4) is 0 Å². The molecule has 2 aromatic rings. The molecule has 0 fully saturated rings. The van der Waals surface area contributed by atoms with Gasteiger partial charge in [-0.05, 0) is 36.7 Å². The third-order valence-electron chi connectivity index (χ3n) is 2.95. The molecule has 1 aromatic heterocycles. The Labute approximate surface area is 120 Å². The highest BCUT2D eigenvalue weighted by Gasteiger charge is 2.15. The van der Waals surface area contributed by atoms with Crippen LogP contribution in [0.4, 0.5) is 8.78 Å². The Balaban J connectivity index is 1.85. The van der Waals surface area contributed by atoms with Crippen molar-refractivity contribution in [2.24, 2.45) is 0 Å². The van der Waals surface area contributed by atoms with Gasteiger partial charge in [0.25, 0.3) is 0 Å². The minimum atomic E-state index is -0.590. The lowest BCUT2D eigenvalue weighted by Crippen LogP contribution is -2.18. The molecule has 1 heterocycles. The molecular formula is C15H15F2NO3. The second kappa shape index (κ2) is 6.99. The number of rotatable bonds is 6. The minimum Gasteiger partial charge on any atom is -0.463 e. The summed E-state index contributed by atoms with van der Waals surface area (Å²) in [6, 6.07) is 5.09. The van der Waals surface area contributed by atoms with Crippen LogP contribution in [0, 0.1) is 11.6 Å². The molecule has 112 valence electrons. The first kappa shape index (κ1) is 15.2. The van der Waals surface area contributed by atoms with E-state index in [1.165, 1.54) is 25.5 Å². The Kier molecular flexibility index (Phi) is 5.05. The Morgan fingerprint density at radius 3 is 2.67 bits per heavy atom. The number of furan rings is 1. The van der Waals surface area contributed by atoms with E-state index in [1.54, 1.807) is 6.07 Å². The van der Waals surface area contributed by atoms with Gasteiger partial charge in [-0.15, -0.1) is 0 Å². The molecule has 0 saturated carbocycles. The van der Waals surface area contributed by atoms with Crippen molar-refractivity contribution in [1.29, 1.82) is 0 Å². The Bertz CT molecular complexity index is 605. The summed E-state index contributed by atoms with van der Waals surface area (Å²) in [6.45, 7) is 0.910. The molecule has 6 heteroatoms. The fraction of sp³-hybridized carbons (Fsp3) is 0.267. The SMILES string of the molecule is COC(=O)c1occc1CNCCc1cc(F)cc(F)c1. The summed E-state index contributed by atoms with van der Waals surface area (Å²) in [6.07, 6.45) is 1.88. The summed E-state index contributed by atoms with van der Waals surface area (Å²) in [7, 11) is 1.28. The van der Waals surface area contributed by atoms with E-state index in [4.69, 9.17) is 4.42 Å². The number of ether oxygens (including phenoxy) is 1. The van der Waals surface area contributed by atoms with E-state index in [0.717, 1.165) is 6.07 Å². The van der Waals surface area contributed by atoms with Gasteiger partial charge in [-0.2, -0.15) is 0 Å². The van der Waals surface area contributed by atoms with Crippen LogP contribution in [0.25, 0.3) is 0 Å². The van der Waals surface area contributed by atoms with Gasteiger partial charge in [-0.3, -0.25) is 0 Å². The number of methoxy groups -OCH3 is 1. The number of hydrogen-bond donors (Lipinski definition) is 1. The first-order valence-corrected chi connectivity index (χ1v) is 6.40. The Morgan fingerprint density at radius 2 is 2.00 bits per heavy atom. The highest BCUT2D eigenvalue weighted by atomic mass is 19.1. The zero-order chi connectivity index (χ0) is 15.2. The van der Waals surface area contributed by atoms with Gasteiger partial charge in [-0.1, -0.05) is 0 Å². The fourth-order valence-electron chi connectivity index (χ4n) is 1.96. The predicted molar refractivity (Wildman–Crippen MR) is 71.8 cm³/mol. The van der Waals surface area contributed by atoms with Gasteiger partial charge in [0.05, 0.1) is 13.4 Å². The van der Waals surface area contributed by atoms with Gasteiger partial charge < -0.3 is 14.5 Å². The summed E-state index contributed by atoms with van der Waals surface area (Å²) in [5.74, 6) is -1.56. The van der Waals surface area contributed by atoms with Crippen LogP contribution < -0.4 is 5.32 Å². The number of carbonyl (C=O) groups excluding carboxylic acids is 1. The van der Waals surface area contributed by atoms with Gasteiger partial charge in [-0.25, -0.2) is 13.6 Å². The molecule has 0 aliphatic rings. The van der Waals surface area contributed by atoms with Crippen molar-refractivity contribution >= 4 is 5.97 Å². The van der Waals surface area contributed by atoms with Crippen LogP contribution in [-0.2, 0) is 17.7 Å². The van der Waals surface area contributed by atoms with E-state index in [0.29, 0.717) is 30.6 Å².